The molecule has 4 aromatic rings. The molecule has 0 unspecified atom stereocenters. The van der Waals surface area contributed by atoms with Gasteiger partial charge in [0.15, 0.2) is 0 Å². The SMILES string of the molecule is CC(C)(C)OC(=O)[N+]1(C(=O)OC(C)(C)C)CCCNCCN(Cc2ccc(O)c3ncccc23)CCCN(Cc2ccc(O)c3ncccc23)CC1. The number of hydrogen-bond donors (Lipinski definition) is 3. The Kier molecular flexibility index (Phi) is 12.4. The van der Waals surface area contributed by atoms with E-state index in [1.807, 2.05) is 77.9 Å². The maximum absolute atomic E-state index is 14.2. The molecule has 0 bridgehead atoms. The van der Waals surface area contributed by atoms with Crippen LogP contribution < -0.4 is 5.32 Å². The summed E-state index contributed by atoms with van der Waals surface area (Å²) in [5.41, 5.74) is 1.60. The number of phenols is 2. The minimum Gasteiger partial charge on any atom is -0.506 e. The molecule has 12 heteroatoms. The van der Waals surface area contributed by atoms with Gasteiger partial charge in [-0.3, -0.25) is 19.8 Å². The van der Waals surface area contributed by atoms with Crippen LogP contribution in [-0.2, 0) is 22.6 Å². The molecule has 2 amide bonds. The van der Waals surface area contributed by atoms with Gasteiger partial charge in [-0.25, -0.2) is 0 Å². The number of imide groups is 1. The summed E-state index contributed by atoms with van der Waals surface area (Å²) < 4.78 is 11.3. The molecule has 1 aliphatic heterocycles. The van der Waals surface area contributed by atoms with Gasteiger partial charge < -0.3 is 25.0 Å². The molecule has 52 heavy (non-hydrogen) atoms. The van der Waals surface area contributed by atoms with Crippen LogP contribution in [0.3, 0.4) is 0 Å². The summed E-state index contributed by atoms with van der Waals surface area (Å²) in [5.74, 6) is 0.286. The molecule has 3 heterocycles. The summed E-state index contributed by atoms with van der Waals surface area (Å²) >= 11 is 0. The van der Waals surface area contributed by atoms with Gasteiger partial charge in [0.1, 0.15) is 46.8 Å². The Hall–Kier alpha value is -4.36. The maximum atomic E-state index is 14.2. The monoisotopic (exact) mass is 715 g/mol. The van der Waals surface area contributed by atoms with E-state index in [2.05, 4.69) is 25.1 Å². The fourth-order valence-corrected chi connectivity index (χ4v) is 6.65. The number of benzene rings is 2. The predicted molar refractivity (Wildman–Crippen MR) is 202 cm³/mol. The van der Waals surface area contributed by atoms with Crippen LogP contribution in [0, 0.1) is 0 Å². The van der Waals surface area contributed by atoms with Gasteiger partial charge in [-0.15, -0.1) is 4.48 Å². The van der Waals surface area contributed by atoms with Crippen molar-refractivity contribution in [3.63, 3.8) is 0 Å². The van der Waals surface area contributed by atoms with E-state index >= 15 is 0 Å². The van der Waals surface area contributed by atoms with E-state index in [1.165, 1.54) is 0 Å². The van der Waals surface area contributed by atoms with Gasteiger partial charge in [0.2, 0.25) is 0 Å². The number of nitrogens with zero attached hydrogens (tertiary/aromatic N) is 5. The van der Waals surface area contributed by atoms with Crippen molar-refractivity contribution in [3.8, 4) is 11.5 Å². The third-order valence-electron chi connectivity index (χ3n) is 9.20. The van der Waals surface area contributed by atoms with Crippen molar-refractivity contribution in [3.05, 3.63) is 72.1 Å². The summed E-state index contributed by atoms with van der Waals surface area (Å²) in [7, 11) is 0. The topological polar surface area (TPSA) is 137 Å². The van der Waals surface area contributed by atoms with Crippen LogP contribution in [0.25, 0.3) is 21.8 Å². The highest BCUT2D eigenvalue weighted by Crippen LogP contribution is 2.29. The highest BCUT2D eigenvalue weighted by atomic mass is 16.6. The lowest BCUT2D eigenvalue weighted by Crippen LogP contribution is -2.62. The number of rotatable bonds is 4. The van der Waals surface area contributed by atoms with Crippen LogP contribution in [0.2, 0.25) is 0 Å². The fourth-order valence-electron chi connectivity index (χ4n) is 6.65. The highest BCUT2D eigenvalue weighted by Gasteiger charge is 2.51. The third-order valence-corrected chi connectivity index (χ3v) is 9.20. The molecule has 280 valence electrons. The fraction of sp³-hybridized carbons (Fsp3) is 0.500. The first kappa shape index (κ1) is 38.9. The molecule has 1 saturated heterocycles. The van der Waals surface area contributed by atoms with Crippen LogP contribution in [0.5, 0.6) is 11.5 Å². The molecule has 0 radical (unpaired) electrons. The number of aromatic nitrogens is 2. The molecule has 3 N–H and O–H groups in total. The molecule has 5 rings (SSSR count). The van der Waals surface area contributed by atoms with Crippen LogP contribution in [0.1, 0.15) is 65.5 Å². The van der Waals surface area contributed by atoms with Gasteiger partial charge >= 0.3 is 12.2 Å². The van der Waals surface area contributed by atoms with Crippen molar-refractivity contribution >= 4 is 34.0 Å². The standard InChI is InChI=1S/C40H54N6O6/c1-39(2,3)51-37(49)46(38(50)52-40(4,5)6)25-9-17-41-20-23-44(27-29-13-15-33(47)35-31(29)11-7-18-42-35)21-10-22-45(24-26-46)28-30-14-16-34(48)36-32(30)12-8-19-43-36/h7-8,11-16,18-19,41H,9-10,17,20-28H2,1-6H3,(H-,47,48)/p+1. The zero-order valence-electron chi connectivity index (χ0n) is 31.5. The minimum absolute atomic E-state index is 0.118. The van der Waals surface area contributed by atoms with Crippen molar-refractivity contribution in [2.75, 3.05) is 52.4 Å². The molecular weight excluding hydrogens is 660 g/mol. The summed E-state index contributed by atoms with van der Waals surface area (Å²) in [6.07, 6.45) is 3.48. The van der Waals surface area contributed by atoms with E-state index in [1.54, 1.807) is 24.5 Å². The molecule has 2 aromatic carbocycles. The smallest absolute Gasteiger partial charge is 0.506 e. The number of carbonyl (C=O) groups is 2. The lowest BCUT2D eigenvalue weighted by Gasteiger charge is -2.36. The largest absolute Gasteiger partial charge is 0.527 e. The molecule has 0 spiro atoms. The second-order valence-corrected chi connectivity index (χ2v) is 15.7. The number of ether oxygens (including phenoxy) is 2. The minimum atomic E-state index is -0.804. The maximum Gasteiger partial charge on any atom is 0.527 e. The average molecular weight is 716 g/mol. The molecule has 1 fully saturated rings. The Balaban J connectivity index is 1.46. The molecule has 2 aromatic heterocycles. The number of quaternary nitrogens is 1. The van der Waals surface area contributed by atoms with E-state index in [9.17, 15) is 19.8 Å². The van der Waals surface area contributed by atoms with Crippen LogP contribution >= 0.6 is 0 Å². The van der Waals surface area contributed by atoms with Crippen LogP contribution in [0.15, 0.2) is 60.9 Å². The van der Waals surface area contributed by atoms with Crippen LogP contribution in [0.4, 0.5) is 9.59 Å². The van der Waals surface area contributed by atoms with Crippen LogP contribution in [-0.4, -0.2) is 110 Å². The van der Waals surface area contributed by atoms with E-state index in [0.717, 1.165) is 41.4 Å². The third kappa shape index (κ3) is 9.94. The number of amides is 2. The van der Waals surface area contributed by atoms with Gasteiger partial charge in [0.25, 0.3) is 0 Å². The Morgan fingerprint density at radius 3 is 1.69 bits per heavy atom. The Morgan fingerprint density at radius 1 is 0.692 bits per heavy atom. The summed E-state index contributed by atoms with van der Waals surface area (Å²) in [6.45, 7) is 16.4. The lowest BCUT2D eigenvalue weighted by atomic mass is 10.1. The van der Waals surface area contributed by atoms with E-state index in [0.29, 0.717) is 56.7 Å². The summed E-state index contributed by atoms with van der Waals surface area (Å²) in [5, 5.41) is 26.3. The normalized spacial score (nSPS) is 17.4. The van der Waals surface area contributed by atoms with Crippen molar-refractivity contribution in [2.24, 2.45) is 0 Å². The number of hydrogen-bond acceptors (Lipinski definition) is 11. The van der Waals surface area contributed by atoms with Crippen molar-refractivity contribution < 1.29 is 33.8 Å². The van der Waals surface area contributed by atoms with Crippen molar-refractivity contribution in [1.29, 1.82) is 0 Å². The Morgan fingerprint density at radius 2 is 1.19 bits per heavy atom. The number of aromatic hydroxyl groups is 2. The zero-order chi connectivity index (χ0) is 37.5. The summed E-state index contributed by atoms with van der Waals surface area (Å²) in [6, 6.07) is 15.0. The van der Waals surface area contributed by atoms with Gasteiger partial charge in [0, 0.05) is 68.9 Å². The quantitative estimate of drug-likeness (QED) is 0.198. The van der Waals surface area contributed by atoms with E-state index in [-0.39, 0.29) is 24.6 Å². The van der Waals surface area contributed by atoms with Gasteiger partial charge in [-0.05, 0) is 96.4 Å². The van der Waals surface area contributed by atoms with Gasteiger partial charge in [-0.1, -0.05) is 24.3 Å². The first-order chi connectivity index (χ1) is 24.6. The number of nitrogens with one attached hydrogen (secondary N) is 1. The number of phenolic OH excluding ortho intramolecular Hbond substituents is 2. The molecular formula is C40H55N6O6+. The molecule has 0 saturated carbocycles. The number of fused-ring (bicyclic) bond motifs is 2. The molecule has 12 nitrogen and oxygen atoms in total. The molecule has 0 aliphatic carbocycles. The van der Waals surface area contributed by atoms with E-state index < -0.39 is 27.9 Å². The van der Waals surface area contributed by atoms with Gasteiger partial charge in [-0.2, -0.15) is 9.59 Å². The number of carbonyl (C=O) groups excluding carboxylic acids is 2. The lowest BCUT2D eigenvalue weighted by molar-refractivity contribution is -0.787. The Labute approximate surface area is 306 Å². The predicted octanol–water partition coefficient (Wildman–Crippen LogP) is 6.57. The van der Waals surface area contributed by atoms with E-state index in [4.69, 9.17) is 9.47 Å². The first-order valence-corrected chi connectivity index (χ1v) is 18.3. The Bertz CT molecular complexity index is 1820. The zero-order valence-corrected chi connectivity index (χ0v) is 31.5. The van der Waals surface area contributed by atoms with Crippen molar-refractivity contribution in [2.45, 2.75) is 78.7 Å². The highest BCUT2D eigenvalue weighted by molar-refractivity contribution is 5.88. The number of pyridine rings is 2. The van der Waals surface area contributed by atoms with Gasteiger partial charge in [0.05, 0.1) is 0 Å². The van der Waals surface area contributed by atoms with Crippen molar-refractivity contribution in [1.82, 2.24) is 25.1 Å². The second-order valence-electron chi connectivity index (χ2n) is 15.7. The second kappa shape index (κ2) is 16.5. The average Bonchev–Trinajstić information content (AvgIpc) is 3.08. The molecule has 0 atom stereocenters. The summed E-state index contributed by atoms with van der Waals surface area (Å²) in [4.78, 5) is 41.8. The first-order valence-electron chi connectivity index (χ1n) is 18.3. The molecule has 1 aliphatic rings.